The minimum Gasteiger partial charge on any atom is -0.508 e. The van der Waals surface area contributed by atoms with Crippen molar-refractivity contribution >= 4 is 15.9 Å². The van der Waals surface area contributed by atoms with Gasteiger partial charge in [-0.05, 0) is 28.1 Å². The van der Waals surface area contributed by atoms with Gasteiger partial charge in [0.05, 0.1) is 11.0 Å². The van der Waals surface area contributed by atoms with Crippen LogP contribution in [0.5, 0.6) is 5.75 Å². The normalized spacial score (nSPS) is 10.8. The van der Waals surface area contributed by atoms with Gasteiger partial charge in [0.2, 0.25) is 0 Å². The molecule has 0 spiro atoms. The summed E-state index contributed by atoms with van der Waals surface area (Å²) < 4.78 is 13.2. The Morgan fingerprint density at radius 1 is 1.54 bits per heavy atom. The van der Waals surface area contributed by atoms with E-state index in [1.165, 1.54) is 19.2 Å². The van der Waals surface area contributed by atoms with Gasteiger partial charge in [-0.2, -0.15) is 5.06 Å². The fourth-order valence-corrected chi connectivity index (χ4v) is 1.28. The molecule has 0 bridgehead atoms. The van der Waals surface area contributed by atoms with Gasteiger partial charge in [-0.3, -0.25) is 0 Å². The number of phenols is 1. The van der Waals surface area contributed by atoms with Crippen molar-refractivity contribution in [1.82, 2.24) is 5.06 Å². The van der Waals surface area contributed by atoms with E-state index in [0.717, 1.165) is 5.06 Å². The van der Waals surface area contributed by atoms with E-state index in [4.69, 9.17) is 5.21 Å². The average molecular weight is 250 g/mol. The van der Waals surface area contributed by atoms with E-state index in [9.17, 15) is 9.50 Å². The molecule has 0 atom stereocenters. The highest BCUT2D eigenvalue weighted by atomic mass is 79.9. The number of halogens is 2. The summed E-state index contributed by atoms with van der Waals surface area (Å²) in [7, 11) is 1.42. The first-order valence-electron chi connectivity index (χ1n) is 3.57. The third kappa shape index (κ3) is 2.65. The molecule has 72 valence electrons. The van der Waals surface area contributed by atoms with Crippen molar-refractivity contribution in [3.05, 3.63) is 28.0 Å². The SMILES string of the molecule is CN(O)Cc1cc(F)c(Br)cc1O. The zero-order chi connectivity index (χ0) is 10.0. The van der Waals surface area contributed by atoms with Gasteiger partial charge in [0.15, 0.2) is 0 Å². The molecular weight excluding hydrogens is 241 g/mol. The van der Waals surface area contributed by atoms with Crippen LogP contribution in [0.4, 0.5) is 4.39 Å². The number of phenolic OH excluding ortho intramolecular Hbond substituents is 1. The Balaban J connectivity index is 3.01. The molecule has 0 saturated heterocycles. The monoisotopic (exact) mass is 249 g/mol. The molecule has 0 aromatic heterocycles. The van der Waals surface area contributed by atoms with Crippen LogP contribution in [0.3, 0.4) is 0 Å². The Hall–Kier alpha value is -0.650. The molecule has 0 amide bonds. The Morgan fingerprint density at radius 3 is 2.69 bits per heavy atom. The molecule has 5 heteroatoms. The first-order valence-corrected chi connectivity index (χ1v) is 4.37. The summed E-state index contributed by atoms with van der Waals surface area (Å²) in [6.45, 7) is 0.0794. The molecule has 1 aromatic carbocycles. The Labute approximate surface area is 83.5 Å². The summed E-state index contributed by atoms with van der Waals surface area (Å²) in [6.07, 6.45) is 0. The van der Waals surface area contributed by atoms with E-state index in [2.05, 4.69) is 15.9 Å². The van der Waals surface area contributed by atoms with Gasteiger partial charge < -0.3 is 10.3 Å². The van der Waals surface area contributed by atoms with Crippen LogP contribution in [0.2, 0.25) is 0 Å². The lowest BCUT2D eigenvalue weighted by molar-refractivity contribution is -0.0736. The minimum atomic E-state index is -0.463. The minimum absolute atomic E-state index is 0.0471. The number of hydrogen-bond acceptors (Lipinski definition) is 3. The van der Waals surface area contributed by atoms with Crippen LogP contribution in [0.15, 0.2) is 16.6 Å². The van der Waals surface area contributed by atoms with Crippen molar-refractivity contribution in [3.8, 4) is 5.75 Å². The fourth-order valence-electron chi connectivity index (χ4n) is 0.951. The second kappa shape index (κ2) is 4.04. The molecule has 0 fully saturated rings. The molecular formula is C8H9BrFNO2. The average Bonchev–Trinajstić information content (AvgIpc) is 1.99. The van der Waals surface area contributed by atoms with Crippen molar-refractivity contribution in [2.45, 2.75) is 6.54 Å². The zero-order valence-electron chi connectivity index (χ0n) is 6.96. The summed E-state index contributed by atoms with van der Waals surface area (Å²) in [4.78, 5) is 0. The van der Waals surface area contributed by atoms with E-state index in [1.807, 2.05) is 0 Å². The quantitative estimate of drug-likeness (QED) is 0.790. The highest BCUT2D eigenvalue weighted by molar-refractivity contribution is 9.10. The standard InChI is InChI=1S/C8H9BrFNO2/c1-11(13)4-5-2-7(10)6(9)3-8(5)12/h2-3,12-13H,4H2,1H3. The van der Waals surface area contributed by atoms with Crippen LogP contribution in [0.1, 0.15) is 5.56 Å². The van der Waals surface area contributed by atoms with Gasteiger partial charge in [0.25, 0.3) is 0 Å². The topological polar surface area (TPSA) is 43.7 Å². The van der Waals surface area contributed by atoms with Gasteiger partial charge in [-0.15, -0.1) is 0 Å². The largest absolute Gasteiger partial charge is 0.508 e. The van der Waals surface area contributed by atoms with Gasteiger partial charge in [-0.25, -0.2) is 4.39 Å². The molecule has 0 radical (unpaired) electrons. The number of hydroxylamine groups is 2. The summed E-state index contributed by atoms with van der Waals surface area (Å²) >= 11 is 2.94. The van der Waals surface area contributed by atoms with E-state index >= 15 is 0 Å². The molecule has 0 saturated carbocycles. The van der Waals surface area contributed by atoms with Crippen molar-refractivity contribution in [2.24, 2.45) is 0 Å². The molecule has 0 unspecified atom stereocenters. The highest BCUT2D eigenvalue weighted by Gasteiger charge is 2.08. The van der Waals surface area contributed by atoms with Crippen molar-refractivity contribution in [1.29, 1.82) is 0 Å². The van der Waals surface area contributed by atoms with Crippen molar-refractivity contribution < 1.29 is 14.7 Å². The van der Waals surface area contributed by atoms with Crippen molar-refractivity contribution in [2.75, 3.05) is 7.05 Å². The lowest BCUT2D eigenvalue weighted by Crippen LogP contribution is -2.11. The van der Waals surface area contributed by atoms with E-state index in [-0.39, 0.29) is 16.8 Å². The third-order valence-electron chi connectivity index (χ3n) is 1.52. The summed E-state index contributed by atoms with van der Waals surface area (Å²) in [5.41, 5.74) is 0.339. The fraction of sp³-hybridized carbons (Fsp3) is 0.250. The van der Waals surface area contributed by atoms with Gasteiger partial charge in [0, 0.05) is 12.6 Å². The molecule has 2 N–H and O–H groups in total. The highest BCUT2D eigenvalue weighted by Crippen LogP contribution is 2.26. The molecule has 0 heterocycles. The van der Waals surface area contributed by atoms with Crippen LogP contribution in [0.25, 0.3) is 0 Å². The van der Waals surface area contributed by atoms with Crippen molar-refractivity contribution in [3.63, 3.8) is 0 Å². The van der Waals surface area contributed by atoms with Gasteiger partial charge in [0.1, 0.15) is 11.6 Å². The molecule has 0 aliphatic rings. The number of aromatic hydroxyl groups is 1. The maximum Gasteiger partial charge on any atom is 0.137 e. The number of benzene rings is 1. The Kier molecular flexibility index (Phi) is 3.24. The van der Waals surface area contributed by atoms with E-state index in [1.54, 1.807) is 0 Å². The maximum absolute atomic E-state index is 13.0. The molecule has 1 aromatic rings. The first-order chi connectivity index (χ1) is 6.00. The molecule has 0 aliphatic heterocycles. The van der Waals surface area contributed by atoms with Crippen LogP contribution >= 0.6 is 15.9 Å². The van der Waals surface area contributed by atoms with Crippen LogP contribution < -0.4 is 0 Å². The summed E-state index contributed by atoms with van der Waals surface area (Å²) in [5, 5.41) is 19.1. The Bertz CT molecular complexity index is 317. The smallest absolute Gasteiger partial charge is 0.137 e. The second-order valence-corrected chi connectivity index (χ2v) is 3.57. The van der Waals surface area contributed by atoms with E-state index < -0.39 is 5.82 Å². The van der Waals surface area contributed by atoms with Crippen LogP contribution in [0, 0.1) is 5.82 Å². The molecule has 1 rings (SSSR count). The predicted molar refractivity (Wildman–Crippen MR) is 49.0 cm³/mol. The number of rotatable bonds is 2. The number of hydrogen-bond donors (Lipinski definition) is 2. The Morgan fingerprint density at radius 2 is 2.15 bits per heavy atom. The van der Waals surface area contributed by atoms with Crippen LogP contribution in [-0.4, -0.2) is 22.4 Å². The third-order valence-corrected chi connectivity index (χ3v) is 2.13. The summed E-state index contributed by atoms with van der Waals surface area (Å²) in [6, 6.07) is 2.43. The lowest BCUT2D eigenvalue weighted by atomic mass is 10.2. The molecule has 0 aliphatic carbocycles. The predicted octanol–water partition coefficient (Wildman–Crippen LogP) is 2.11. The van der Waals surface area contributed by atoms with Gasteiger partial charge in [-0.1, -0.05) is 0 Å². The van der Waals surface area contributed by atoms with Gasteiger partial charge >= 0.3 is 0 Å². The molecule has 3 nitrogen and oxygen atoms in total. The zero-order valence-corrected chi connectivity index (χ0v) is 8.55. The maximum atomic E-state index is 13.0. The van der Waals surface area contributed by atoms with E-state index in [0.29, 0.717) is 5.56 Å². The number of nitrogens with zero attached hydrogens (tertiary/aromatic N) is 1. The lowest BCUT2D eigenvalue weighted by Gasteiger charge is -2.10. The second-order valence-electron chi connectivity index (χ2n) is 2.71. The van der Waals surface area contributed by atoms with Crippen LogP contribution in [-0.2, 0) is 6.54 Å². The first kappa shape index (κ1) is 10.4. The molecule has 13 heavy (non-hydrogen) atoms. The summed E-state index contributed by atoms with van der Waals surface area (Å²) in [5.74, 6) is -0.510.